The zero-order chi connectivity index (χ0) is 13.1. The van der Waals surface area contributed by atoms with Crippen molar-refractivity contribution in [2.24, 2.45) is 0 Å². The van der Waals surface area contributed by atoms with Crippen molar-refractivity contribution in [3.05, 3.63) is 35.4 Å². The van der Waals surface area contributed by atoms with Gasteiger partial charge in [0.15, 0.2) is 0 Å². The normalized spacial score (nSPS) is 17.9. The van der Waals surface area contributed by atoms with Crippen LogP contribution in [-0.4, -0.2) is 30.6 Å². The number of amides is 1. The Morgan fingerprint density at radius 1 is 1.44 bits per heavy atom. The molecule has 0 heterocycles. The van der Waals surface area contributed by atoms with Crippen molar-refractivity contribution in [3.63, 3.8) is 0 Å². The number of ether oxygens (including phenoxy) is 1. The first kappa shape index (κ1) is 13.1. The third-order valence-corrected chi connectivity index (χ3v) is 3.50. The van der Waals surface area contributed by atoms with Crippen molar-refractivity contribution in [2.75, 3.05) is 13.7 Å². The molecule has 1 aromatic carbocycles. The third kappa shape index (κ3) is 2.72. The van der Waals surface area contributed by atoms with Gasteiger partial charge in [0.2, 0.25) is 5.91 Å². The lowest BCUT2D eigenvalue weighted by Gasteiger charge is -2.25. The fourth-order valence-electron chi connectivity index (χ4n) is 2.45. The summed E-state index contributed by atoms with van der Waals surface area (Å²) in [7, 11) is 1.87. The van der Waals surface area contributed by atoms with Crippen molar-refractivity contribution >= 4 is 5.91 Å². The Morgan fingerprint density at radius 3 is 2.89 bits per heavy atom. The van der Waals surface area contributed by atoms with Gasteiger partial charge in [-0.15, -0.1) is 0 Å². The summed E-state index contributed by atoms with van der Waals surface area (Å²) in [6.45, 7) is 4.06. The quantitative estimate of drug-likeness (QED) is 0.818. The molecular weight excluding hydrogens is 226 g/mol. The van der Waals surface area contributed by atoms with E-state index >= 15 is 0 Å². The molecule has 0 saturated heterocycles. The van der Waals surface area contributed by atoms with Crippen LogP contribution >= 0.6 is 0 Å². The molecule has 1 atom stereocenters. The zero-order valence-electron chi connectivity index (χ0n) is 11.3. The van der Waals surface area contributed by atoms with E-state index in [-0.39, 0.29) is 24.7 Å². The van der Waals surface area contributed by atoms with Crippen LogP contribution in [0.1, 0.15) is 37.4 Å². The molecular formula is C15H21NO2. The first-order valence-electron chi connectivity index (χ1n) is 6.54. The molecule has 0 radical (unpaired) electrons. The molecule has 1 aliphatic carbocycles. The Labute approximate surface area is 109 Å². The number of fused-ring (bicyclic) bond motifs is 1. The Balaban J connectivity index is 2.02. The van der Waals surface area contributed by atoms with E-state index in [1.54, 1.807) is 0 Å². The number of benzene rings is 1. The summed E-state index contributed by atoms with van der Waals surface area (Å²) in [5.41, 5.74) is 2.66. The summed E-state index contributed by atoms with van der Waals surface area (Å²) in [6.07, 6.45) is 2.17. The Morgan fingerprint density at radius 2 is 2.17 bits per heavy atom. The van der Waals surface area contributed by atoms with Crippen LogP contribution in [0.15, 0.2) is 24.3 Å². The topological polar surface area (TPSA) is 29.5 Å². The summed E-state index contributed by atoms with van der Waals surface area (Å²) in [5, 5.41) is 0. The van der Waals surface area contributed by atoms with Crippen LogP contribution in [0.5, 0.6) is 0 Å². The predicted octanol–water partition coefficient (Wildman–Crippen LogP) is 2.56. The average molecular weight is 247 g/mol. The first-order valence-corrected chi connectivity index (χ1v) is 6.54. The molecule has 3 nitrogen and oxygen atoms in total. The van der Waals surface area contributed by atoms with Gasteiger partial charge in [0, 0.05) is 7.05 Å². The standard InChI is InChI=1S/C15H21NO2/c1-11(2)18-10-15(17)16(3)14-9-8-12-6-4-5-7-13(12)14/h4-7,11,14H,8-10H2,1-3H3. The van der Waals surface area contributed by atoms with E-state index in [0.29, 0.717) is 0 Å². The van der Waals surface area contributed by atoms with Crippen LogP contribution in [0.2, 0.25) is 0 Å². The summed E-state index contributed by atoms with van der Waals surface area (Å²) in [5.74, 6) is 0.0606. The maximum Gasteiger partial charge on any atom is 0.248 e. The molecule has 0 aromatic heterocycles. The van der Waals surface area contributed by atoms with Crippen molar-refractivity contribution in [2.45, 2.75) is 38.8 Å². The fourth-order valence-corrected chi connectivity index (χ4v) is 2.45. The minimum Gasteiger partial charge on any atom is -0.369 e. The second kappa shape index (κ2) is 5.53. The Bertz CT molecular complexity index is 428. The van der Waals surface area contributed by atoms with Gasteiger partial charge in [-0.2, -0.15) is 0 Å². The van der Waals surface area contributed by atoms with Gasteiger partial charge in [-0.25, -0.2) is 0 Å². The van der Waals surface area contributed by atoms with Gasteiger partial charge in [0.25, 0.3) is 0 Å². The molecule has 18 heavy (non-hydrogen) atoms. The monoisotopic (exact) mass is 247 g/mol. The molecule has 3 heteroatoms. The van der Waals surface area contributed by atoms with Gasteiger partial charge in [0.1, 0.15) is 6.61 Å². The van der Waals surface area contributed by atoms with E-state index in [1.807, 2.05) is 31.9 Å². The minimum atomic E-state index is 0.0606. The summed E-state index contributed by atoms with van der Waals surface area (Å²) in [6, 6.07) is 8.59. The summed E-state index contributed by atoms with van der Waals surface area (Å²) in [4.78, 5) is 13.9. The summed E-state index contributed by atoms with van der Waals surface area (Å²) >= 11 is 0. The van der Waals surface area contributed by atoms with Crippen LogP contribution in [0.3, 0.4) is 0 Å². The van der Waals surface area contributed by atoms with Gasteiger partial charge in [-0.05, 0) is 37.8 Å². The molecule has 98 valence electrons. The Hall–Kier alpha value is -1.35. The second-order valence-corrected chi connectivity index (χ2v) is 5.12. The van der Waals surface area contributed by atoms with E-state index in [4.69, 9.17) is 4.74 Å². The molecule has 0 bridgehead atoms. The lowest BCUT2D eigenvalue weighted by Crippen LogP contribution is -2.33. The number of aryl methyl sites for hydroxylation is 1. The van der Waals surface area contributed by atoms with Crippen LogP contribution in [0.25, 0.3) is 0 Å². The van der Waals surface area contributed by atoms with E-state index in [0.717, 1.165) is 12.8 Å². The van der Waals surface area contributed by atoms with Gasteiger partial charge < -0.3 is 9.64 Å². The summed E-state index contributed by atoms with van der Waals surface area (Å²) < 4.78 is 5.38. The molecule has 1 unspecified atom stereocenters. The maximum absolute atomic E-state index is 12.0. The number of nitrogens with zero attached hydrogens (tertiary/aromatic N) is 1. The van der Waals surface area contributed by atoms with Crippen molar-refractivity contribution < 1.29 is 9.53 Å². The lowest BCUT2D eigenvalue weighted by atomic mass is 10.1. The van der Waals surface area contributed by atoms with Crippen LogP contribution in [0.4, 0.5) is 0 Å². The molecule has 2 rings (SSSR count). The number of hydrogen-bond acceptors (Lipinski definition) is 2. The van der Waals surface area contributed by atoms with Crippen LogP contribution < -0.4 is 0 Å². The second-order valence-electron chi connectivity index (χ2n) is 5.12. The number of carbonyl (C=O) groups excluding carboxylic acids is 1. The third-order valence-electron chi connectivity index (χ3n) is 3.50. The van der Waals surface area contributed by atoms with Crippen molar-refractivity contribution in [1.29, 1.82) is 0 Å². The fraction of sp³-hybridized carbons (Fsp3) is 0.533. The van der Waals surface area contributed by atoms with E-state index < -0.39 is 0 Å². The van der Waals surface area contributed by atoms with Crippen molar-refractivity contribution in [1.82, 2.24) is 4.90 Å². The van der Waals surface area contributed by atoms with Crippen LogP contribution in [0, 0.1) is 0 Å². The smallest absolute Gasteiger partial charge is 0.248 e. The number of likely N-dealkylation sites (N-methyl/N-ethyl adjacent to an activating group) is 1. The maximum atomic E-state index is 12.0. The molecule has 1 aromatic rings. The Kier molecular flexibility index (Phi) is 4.02. The van der Waals surface area contributed by atoms with E-state index in [9.17, 15) is 4.79 Å². The van der Waals surface area contributed by atoms with Gasteiger partial charge in [0.05, 0.1) is 12.1 Å². The molecule has 1 amide bonds. The molecule has 0 aliphatic heterocycles. The van der Waals surface area contributed by atoms with Gasteiger partial charge in [-0.1, -0.05) is 24.3 Å². The lowest BCUT2D eigenvalue weighted by molar-refractivity contribution is -0.138. The minimum absolute atomic E-state index is 0.0606. The predicted molar refractivity (Wildman–Crippen MR) is 71.4 cm³/mol. The average Bonchev–Trinajstić information content (AvgIpc) is 2.78. The van der Waals surface area contributed by atoms with Gasteiger partial charge in [-0.3, -0.25) is 4.79 Å². The van der Waals surface area contributed by atoms with E-state index in [1.165, 1.54) is 11.1 Å². The molecule has 0 fully saturated rings. The van der Waals surface area contributed by atoms with Crippen molar-refractivity contribution in [3.8, 4) is 0 Å². The van der Waals surface area contributed by atoms with E-state index in [2.05, 4.69) is 18.2 Å². The highest BCUT2D eigenvalue weighted by Gasteiger charge is 2.28. The molecule has 0 N–H and O–H groups in total. The highest BCUT2D eigenvalue weighted by molar-refractivity contribution is 5.77. The SMILES string of the molecule is CC(C)OCC(=O)N(C)C1CCc2ccccc21. The number of rotatable bonds is 4. The first-order chi connectivity index (χ1) is 8.59. The largest absolute Gasteiger partial charge is 0.369 e. The van der Waals surface area contributed by atoms with Crippen LogP contribution in [-0.2, 0) is 16.0 Å². The molecule has 0 saturated carbocycles. The number of hydrogen-bond donors (Lipinski definition) is 0. The highest BCUT2D eigenvalue weighted by Crippen LogP contribution is 2.34. The molecule has 1 aliphatic rings. The molecule has 0 spiro atoms. The van der Waals surface area contributed by atoms with Gasteiger partial charge >= 0.3 is 0 Å². The highest BCUT2D eigenvalue weighted by atomic mass is 16.5. The zero-order valence-corrected chi connectivity index (χ0v) is 11.3. The number of carbonyl (C=O) groups is 1.